The van der Waals surface area contributed by atoms with Gasteiger partial charge in [0, 0.05) is 12.6 Å². The Labute approximate surface area is 127 Å². The first-order valence-corrected chi connectivity index (χ1v) is 8.01. The standard InChI is InChI=1S/C16H28N2O3/c1-2-3-4-5-6-7-12-17-16(21)18-14-10-8-13(9-11-14)15(19)20/h2,13-14H,1,3-12H2,(H,19,20)(H2,17,18,21). The molecule has 1 rings (SSSR count). The number of carbonyl (C=O) groups excluding carboxylic acids is 1. The molecule has 0 unspecified atom stereocenters. The van der Waals surface area contributed by atoms with E-state index in [1.807, 2.05) is 6.08 Å². The zero-order valence-corrected chi connectivity index (χ0v) is 12.8. The molecule has 1 fully saturated rings. The number of nitrogens with one attached hydrogen (secondary N) is 2. The largest absolute Gasteiger partial charge is 0.481 e. The fraction of sp³-hybridized carbons (Fsp3) is 0.750. The lowest BCUT2D eigenvalue weighted by molar-refractivity contribution is -0.142. The lowest BCUT2D eigenvalue weighted by Crippen LogP contribution is -2.44. The third kappa shape index (κ3) is 7.73. The molecule has 1 aliphatic carbocycles. The van der Waals surface area contributed by atoms with Gasteiger partial charge in [-0.1, -0.05) is 18.9 Å². The number of aliphatic carboxylic acids is 1. The van der Waals surface area contributed by atoms with Gasteiger partial charge in [0.05, 0.1) is 5.92 Å². The quantitative estimate of drug-likeness (QED) is 0.452. The molecule has 0 heterocycles. The first-order valence-electron chi connectivity index (χ1n) is 8.01. The van der Waals surface area contributed by atoms with E-state index in [4.69, 9.17) is 5.11 Å². The molecule has 0 spiro atoms. The van der Waals surface area contributed by atoms with E-state index < -0.39 is 5.97 Å². The van der Waals surface area contributed by atoms with Crippen molar-refractivity contribution < 1.29 is 14.7 Å². The summed E-state index contributed by atoms with van der Waals surface area (Å²) in [4.78, 5) is 22.6. The summed E-state index contributed by atoms with van der Waals surface area (Å²) in [6.07, 6.45) is 10.3. The Morgan fingerprint density at radius 3 is 2.38 bits per heavy atom. The Morgan fingerprint density at radius 1 is 1.10 bits per heavy atom. The lowest BCUT2D eigenvalue weighted by atomic mass is 9.86. The predicted molar refractivity (Wildman–Crippen MR) is 83.2 cm³/mol. The second-order valence-electron chi connectivity index (χ2n) is 5.78. The van der Waals surface area contributed by atoms with E-state index >= 15 is 0 Å². The van der Waals surface area contributed by atoms with Crippen molar-refractivity contribution in [3.05, 3.63) is 12.7 Å². The maximum Gasteiger partial charge on any atom is 0.315 e. The van der Waals surface area contributed by atoms with Gasteiger partial charge >= 0.3 is 12.0 Å². The van der Waals surface area contributed by atoms with E-state index in [9.17, 15) is 9.59 Å². The van der Waals surface area contributed by atoms with Gasteiger partial charge in [-0.15, -0.1) is 6.58 Å². The van der Waals surface area contributed by atoms with Crippen LogP contribution in [0.15, 0.2) is 12.7 Å². The monoisotopic (exact) mass is 296 g/mol. The molecule has 1 aliphatic rings. The first-order chi connectivity index (χ1) is 10.1. The average Bonchev–Trinajstić information content (AvgIpc) is 2.47. The van der Waals surface area contributed by atoms with Crippen molar-refractivity contribution in [3.8, 4) is 0 Å². The maximum absolute atomic E-state index is 11.7. The molecule has 0 radical (unpaired) electrons. The molecular formula is C16H28N2O3. The van der Waals surface area contributed by atoms with Gasteiger partial charge in [-0.2, -0.15) is 0 Å². The van der Waals surface area contributed by atoms with Crippen LogP contribution in [0.3, 0.4) is 0 Å². The summed E-state index contributed by atoms with van der Waals surface area (Å²) in [5.41, 5.74) is 0. The van der Waals surface area contributed by atoms with E-state index in [-0.39, 0.29) is 18.0 Å². The molecule has 0 aromatic rings. The SMILES string of the molecule is C=CCCCCCCNC(=O)NC1CCC(C(=O)O)CC1. The minimum atomic E-state index is -0.714. The van der Waals surface area contributed by atoms with E-state index in [1.165, 1.54) is 12.8 Å². The number of allylic oxidation sites excluding steroid dienone is 1. The molecule has 0 saturated heterocycles. The molecule has 0 atom stereocenters. The number of rotatable bonds is 9. The third-order valence-electron chi connectivity index (χ3n) is 4.03. The van der Waals surface area contributed by atoms with Crippen molar-refractivity contribution in [2.24, 2.45) is 5.92 Å². The average molecular weight is 296 g/mol. The van der Waals surface area contributed by atoms with Crippen LogP contribution in [0.1, 0.15) is 57.8 Å². The van der Waals surface area contributed by atoms with E-state index in [2.05, 4.69) is 17.2 Å². The van der Waals surface area contributed by atoms with E-state index in [0.29, 0.717) is 19.4 Å². The Kier molecular flexibility index (Phi) is 8.55. The lowest BCUT2D eigenvalue weighted by Gasteiger charge is -2.26. The van der Waals surface area contributed by atoms with E-state index in [0.717, 1.165) is 32.1 Å². The molecule has 0 bridgehead atoms. The first kappa shape index (κ1) is 17.5. The molecule has 5 heteroatoms. The summed E-state index contributed by atoms with van der Waals surface area (Å²) < 4.78 is 0. The minimum absolute atomic E-state index is 0.119. The van der Waals surface area contributed by atoms with Gasteiger partial charge in [-0.25, -0.2) is 4.79 Å². The highest BCUT2D eigenvalue weighted by Crippen LogP contribution is 2.24. The fourth-order valence-corrected chi connectivity index (χ4v) is 2.69. The Morgan fingerprint density at radius 2 is 1.76 bits per heavy atom. The second-order valence-corrected chi connectivity index (χ2v) is 5.78. The number of amides is 2. The molecule has 0 aromatic heterocycles. The highest BCUT2D eigenvalue weighted by molar-refractivity contribution is 5.74. The van der Waals surface area contributed by atoms with Crippen LogP contribution in [0.25, 0.3) is 0 Å². The topological polar surface area (TPSA) is 78.4 Å². The molecule has 21 heavy (non-hydrogen) atoms. The van der Waals surface area contributed by atoms with Crippen LogP contribution in [0, 0.1) is 5.92 Å². The van der Waals surface area contributed by atoms with Gasteiger partial charge < -0.3 is 15.7 Å². The number of urea groups is 1. The molecule has 2 amide bonds. The van der Waals surface area contributed by atoms with Gasteiger partial charge in [0.25, 0.3) is 0 Å². The van der Waals surface area contributed by atoms with Crippen LogP contribution in [0.2, 0.25) is 0 Å². The summed E-state index contributed by atoms with van der Waals surface area (Å²) >= 11 is 0. The molecule has 120 valence electrons. The third-order valence-corrected chi connectivity index (χ3v) is 4.03. The Bertz CT molecular complexity index is 336. The maximum atomic E-state index is 11.7. The molecule has 0 aromatic carbocycles. The summed E-state index contributed by atoms with van der Waals surface area (Å²) in [5, 5.41) is 14.7. The fourth-order valence-electron chi connectivity index (χ4n) is 2.69. The van der Waals surface area contributed by atoms with Crippen LogP contribution in [-0.2, 0) is 4.79 Å². The smallest absolute Gasteiger partial charge is 0.315 e. The molecule has 3 N–H and O–H groups in total. The Hall–Kier alpha value is -1.52. The zero-order chi connectivity index (χ0) is 15.5. The molecule has 1 saturated carbocycles. The number of hydrogen-bond donors (Lipinski definition) is 3. The van der Waals surface area contributed by atoms with Gasteiger partial charge in [0.15, 0.2) is 0 Å². The highest BCUT2D eigenvalue weighted by atomic mass is 16.4. The van der Waals surface area contributed by atoms with Crippen molar-refractivity contribution >= 4 is 12.0 Å². The number of hydrogen-bond acceptors (Lipinski definition) is 2. The van der Waals surface area contributed by atoms with Crippen LogP contribution in [-0.4, -0.2) is 29.7 Å². The number of carboxylic acids is 1. The normalized spacial score (nSPS) is 21.5. The van der Waals surface area contributed by atoms with Gasteiger partial charge in [0.2, 0.25) is 0 Å². The van der Waals surface area contributed by atoms with Gasteiger partial charge in [-0.3, -0.25) is 4.79 Å². The van der Waals surface area contributed by atoms with Crippen molar-refractivity contribution in [3.63, 3.8) is 0 Å². The number of carboxylic acid groups (broad SMARTS) is 1. The molecule has 5 nitrogen and oxygen atoms in total. The molecule has 0 aliphatic heterocycles. The van der Waals surface area contributed by atoms with Crippen LogP contribution >= 0.6 is 0 Å². The van der Waals surface area contributed by atoms with Crippen LogP contribution in [0.4, 0.5) is 4.79 Å². The summed E-state index contributed by atoms with van der Waals surface area (Å²) in [7, 11) is 0. The van der Waals surface area contributed by atoms with Gasteiger partial charge in [-0.05, 0) is 44.9 Å². The van der Waals surface area contributed by atoms with E-state index in [1.54, 1.807) is 0 Å². The van der Waals surface area contributed by atoms with Crippen molar-refractivity contribution in [1.82, 2.24) is 10.6 Å². The van der Waals surface area contributed by atoms with Crippen molar-refractivity contribution in [2.75, 3.05) is 6.54 Å². The number of carbonyl (C=O) groups is 2. The highest BCUT2D eigenvalue weighted by Gasteiger charge is 2.26. The van der Waals surface area contributed by atoms with Crippen LogP contribution in [0.5, 0.6) is 0 Å². The summed E-state index contributed by atoms with van der Waals surface area (Å²) in [6, 6.07) is -0.00643. The van der Waals surface area contributed by atoms with Gasteiger partial charge in [0.1, 0.15) is 0 Å². The van der Waals surface area contributed by atoms with Crippen molar-refractivity contribution in [1.29, 1.82) is 0 Å². The predicted octanol–water partition coefficient (Wildman–Crippen LogP) is 3.07. The van der Waals surface area contributed by atoms with Crippen LogP contribution < -0.4 is 10.6 Å². The minimum Gasteiger partial charge on any atom is -0.481 e. The van der Waals surface area contributed by atoms with Crippen molar-refractivity contribution in [2.45, 2.75) is 63.8 Å². The zero-order valence-electron chi connectivity index (χ0n) is 12.8. The summed E-state index contributed by atoms with van der Waals surface area (Å²) in [5.74, 6) is -0.948. The number of unbranched alkanes of at least 4 members (excludes halogenated alkanes) is 4. The molecular weight excluding hydrogens is 268 g/mol. The Balaban J connectivity index is 2.01. The second kappa shape index (κ2) is 10.2. The summed E-state index contributed by atoms with van der Waals surface area (Å²) in [6.45, 7) is 4.39.